The van der Waals surface area contributed by atoms with Gasteiger partial charge in [0.2, 0.25) is 0 Å². The average molecular weight is 315 g/mol. The molecule has 0 heterocycles. The van der Waals surface area contributed by atoms with Crippen molar-refractivity contribution in [2.24, 2.45) is 0 Å². The van der Waals surface area contributed by atoms with Crippen LogP contribution in [0.2, 0.25) is 0 Å². The third-order valence-corrected chi connectivity index (χ3v) is 2.99. The standard InChI is InChI=1S/C15H16.C3H6O.2C2H6/c1-15(2,13-9-5-3-6-10-13)14-11-7-4-8-12-14;1-3(2)4;2*1-2/h3-12H,1-2H3;1-2H3;2*1-2H3. The molecule has 0 fully saturated rings. The number of hydrogen-bond donors (Lipinski definition) is 0. The quantitative estimate of drug-likeness (QED) is 0.605. The van der Waals surface area contributed by atoms with E-state index in [1.165, 1.54) is 25.0 Å². The summed E-state index contributed by atoms with van der Waals surface area (Å²) < 4.78 is 0. The van der Waals surface area contributed by atoms with Crippen molar-refractivity contribution >= 4 is 5.78 Å². The molecule has 0 unspecified atom stereocenters. The van der Waals surface area contributed by atoms with Crippen LogP contribution in [0.15, 0.2) is 60.7 Å². The van der Waals surface area contributed by atoms with E-state index >= 15 is 0 Å². The Kier molecular flexibility index (Phi) is 14.0. The molecule has 1 nitrogen and oxygen atoms in total. The Morgan fingerprint density at radius 1 is 0.652 bits per heavy atom. The Morgan fingerprint density at radius 3 is 1.09 bits per heavy atom. The molecule has 0 aromatic heterocycles. The van der Waals surface area contributed by atoms with Gasteiger partial charge >= 0.3 is 0 Å². The summed E-state index contributed by atoms with van der Waals surface area (Å²) in [6.45, 7) is 15.6. The normalized spacial score (nSPS) is 9.04. The van der Waals surface area contributed by atoms with Crippen LogP contribution in [0.5, 0.6) is 0 Å². The van der Waals surface area contributed by atoms with E-state index in [1.54, 1.807) is 0 Å². The molecule has 0 aliphatic heterocycles. The Balaban J connectivity index is 0. The molecule has 2 rings (SSSR count). The summed E-state index contributed by atoms with van der Waals surface area (Å²) >= 11 is 0. The first-order valence-electron chi connectivity index (χ1n) is 8.53. The van der Waals surface area contributed by atoms with Gasteiger partial charge in [0.05, 0.1) is 0 Å². The number of carbonyl (C=O) groups excluding carboxylic acids is 1. The van der Waals surface area contributed by atoms with Crippen LogP contribution in [0, 0.1) is 0 Å². The molecule has 0 saturated heterocycles. The number of Topliss-reactive ketones (excluding diaryl/α,β-unsaturated/α-hetero) is 1. The molecular formula is C22H34O. The molecule has 0 N–H and O–H groups in total. The molecule has 0 amide bonds. The lowest BCUT2D eigenvalue weighted by Crippen LogP contribution is -2.18. The van der Waals surface area contributed by atoms with Crippen LogP contribution in [0.4, 0.5) is 0 Å². The molecule has 0 spiro atoms. The van der Waals surface area contributed by atoms with Gasteiger partial charge in [-0.15, -0.1) is 0 Å². The highest BCUT2D eigenvalue weighted by Gasteiger charge is 2.21. The van der Waals surface area contributed by atoms with E-state index in [1.807, 2.05) is 27.7 Å². The Hall–Kier alpha value is -1.89. The predicted molar refractivity (Wildman–Crippen MR) is 104 cm³/mol. The summed E-state index contributed by atoms with van der Waals surface area (Å²) in [7, 11) is 0. The lowest BCUT2D eigenvalue weighted by atomic mass is 9.78. The zero-order chi connectivity index (χ0) is 18.3. The minimum Gasteiger partial charge on any atom is -0.300 e. The molecule has 2 aromatic rings. The van der Waals surface area contributed by atoms with Crippen LogP contribution >= 0.6 is 0 Å². The Labute approximate surface area is 143 Å². The first kappa shape index (κ1) is 23.4. The van der Waals surface area contributed by atoms with Crippen LogP contribution < -0.4 is 0 Å². The second kappa shape index (κ2) is 13.8. The maximum Gasteiger partial charge on any atom is 0.126 e. The molecule has 0 radical (unpaired) electrons. The van der Waals surface area contributed by atoms with Crippen LogP contribution in [-0.4, -0.2) is 5.78 Å². The Morgan fingerprint density at radius 2 is 0.870 bits per heavy atom. The van der Waals surface area contributed by atoms with Crippen molar-refractivity contribution in [2.45, 2.75) is 60.8 Å². The summed E-state index contributed by atoms with van der Waals surface area (Å²) in [4.78, 5) is 9.44. The fraction of sp³-hybridized carbons (Fsp3) is 0.409. The third-order valence-electron chi connectivity index (χ3n) is 2.99. The SMILES string of the molecule is CC.CC.CC(C)(c1ccccc1)c1ccccc1.CC(C)=O. The zero-order valence-corrected chi connectivity index (χ0v) is 16.2. The van der Waals surface area contributed by atoms with Gasteiger partial charge in [0.15, 0.2) is 0 Å². The number of ketones is 1. The number of benzene rings is 2. The molecule has 128 valence electrons. The second-order valence-electron chi connectivity index (χ2n) is 5.27. The van der Waals surface area contributed by atoms with E-state index in [0.717, 1.165) is 0 Å². The summed E-state index contributed by atoms with van der Waals surface area (Å²) in [6.07, 6.45) is 0. The first-order chi connectivity index (χ1) is 10.9. The minimum atomic E-state index is 0.0858. The largest absolute Gasteiger partial charge is 0.300 e. The minimum absolute atomic E-state index is 0.0858. The van der Waals surface area contributed by atoms with E-state index in [0.29, 0.717) is 0 Å². The van der Waals surface area contributed by atoms with E-state index in [4.69, 9.17) is 0 Å². The Bertz CT molecular complexity index is 453. The van der Waals surface area contributed by atoms with Crippen molar-refractivity contribution in [1.82, 2.24) is 0 Å². The topological polar surface area (TPSA) is 17.1 Å². The highest BCUT2D eigenvalue weighted by Crippen LogP contribution is 2.30. The molecule has 0 saturated carbocycles. The van der Waals surface area contributed by atoms with Crippen LogP contribution in [0.3, 0.4) is 0 Å². The summed E-state index contributed by atoms with van der Waals surface area (Å²) in [5.74, 6) is 0.167. The van der Waals surface area contributed by atoms with Crippen molar-refractivity contribution in [3.63, 3.8) is 0 Å². The van der Waals surface area contributed by atoms with Gasteiger partial charge in [-0.25, -0.2) is 0 Å². The first-order valence-corrected chi connectivity index (χ1v) is 8.53. The van der Waals surface area contributed by atoms with Crippen molar-refractivity contribution in [3.8, 4) is 0 Å². The summed E-state index contributed by atoms with van der Waals surface area (Å²) in [6, 6.07) is 21.3. The summed E-state index contributed by atoms with van der Waals surface area (Å²) in [5.41, 5.74) is 2.80. The average Bonchev–Trinajstić information content (AvgIpc) is 2.59. The van der Waals surface area contributed by atoms with Gasteiger partial charge in [-0.05, 0) is 25.0 Å². The van der Waals surface area contributed by atoms with Crippen molar-refractivity contribution in [2.75, 3.05) is 0 Å². The van der Waals surface area contributed by atoms with E-state index in [9.17, 15) is 4.79 Å². The molecule has 23 heavy (non-hydrogen) atoms. The molecule has 2 aromatic carbocycles. The van der Waals surface area contributed by atoms with Crippen molar-refractivity contribution < 1.29 is 4.79 Å². The van der Waals surface area contributed by atoms with Crippen molar-refractivity contribution in [1.29, 1.82) is 0 Å². The third kappa shape index (κ3) is 9.67. The van der Waals surface area contributed by atoms with Crippen LogP contribution in [0.25, 0.3) is 0 Å². The molecular weight excluding hydrogens is 280 g/mol. The van der Waals surface area contributed by atoms with E-state index < -0.39 is 0 Å². The highest BCUT2D eigenvalue weighted by molar-refractivity contribution is 5.72. The molecule has 0 bridgehead atoms. The van der Waals surface area contributed by atoms with Gasteiger partial charge in [0.1, 0.15) is 5.78 Å². The van der Waals surface area contributed by atoms with Crippen molar-refractivity contribution in [3.05, 3.63) is 71.8 Å². The lowest BCUT2D eigenvalue weighted by molar-refractivity contribution is -0.114. The van der Waals surface area contributed by atoms with Gasteiger partial charge in [-0.3, -0.25) is 0 Å². The van der Waals surface area contributed by atoms with E-state index in [-0.39, 0.29) is 11.2 Å². The smallest absolute Gasteiger partial charge is 0.126 e. The maximum atomic E-state index is 9.44. The van der Waals surface area contributed by atoms with Gasteiger partial charge < -0.3 is 4.79 Å². The molecule has 0 aliphatic rings. The van der Waals surface area contributed by atoms with Gasteiger partial charge in [0, 0.05) is 5.41 Å². The fourth-order valence-electron chi connectivity index (χ4n) is 1.88. The van der Waals surface area contributed by atoms with Gasteiger partial charge in [0.25, 0.3) is 0 Å². The zero-order valence-electron chi connectivity index (χ0n) is 16.2. The number of rotatable bonds is 2. The predicted octanol–water partition coefficient (Wildman–Crippen LogP) is 6.66. The monoisotopic (exact) mass is 314 g/mol. The summed E-state index contributed by atoms with van der Waals surface area (Å²) in [5, 5.41) is 0. The maximum absolute atomic E-state index is 9.44. The fourth-order valence-corrected chi connectivity index (χ4v) is 1.88. The molecule has 1 heteroatoms. The molecule has 0 aliphatic carbocycles. The number of hydrogen-bond acceptors (Lipinski definition) is 1. The molecule has 0 atom stereocenters. The number of carbonyl (C=O) groups is 1. The highest BCUT2D eigenvalue weighted by atomic mass is 16.1. The van der Waals surface area contributed by atoms with E-state index in [2.05, 4.69) is 74.5 Å². The van der Waals surface area contributed by atoms with Crippen LogP contribution in [-0.2, 0) is 10.2 Å². The lowest BCUT2D eigenvalue weighted by Gasteiger charge is -2.25. The van der Waals surface area contributed by atoms with Gasteiger partial charge in [-0.1, -0.05) is 102 Å². The second-order valence-corrected chi connectivity index (χ2v) is 5.27. The van der Waals surface area contributed by atoms with Gasteiger partial charge in [-0.2, -0.15) is 0 Å². The van der Waals surface area contributed by atoms with Crippen LogP contribution in [0.1, 0.15) is 66.5 Å².